The molecule has 1 N–H and O–H groups in total. The van der Waals surface area contributed by atoms with Crippen molar-refractivity contribution in [2.75, 3.05) is 23.9 Å². The molecular formula is C18H21N5. The standard InChI is InChI=1S/C18H21N5/c1-11-9-14-16(19-11)20-18(22(3)4)21-17(14)23-12(2)10-13-7-5-6-8-15(13)23/h5-9,12H,10H2,1-4H3,(H,19,20,21). The predicted molar refractivity (Wildman–Crippen MR) is 94.7 cm³/mol. The molecule has 4 rings (SSSR count). The van der Waals surface area contributed by atoms with Gasteiger partial charge < -0.3 is 14.8 Å². The van der Waals surface area contributed by atoms with Gasteiger partial charge in [0.05, 0.1) is 5.39 Å². The van der Waals surface area contributed by atoms with Crippen LogP contribution in [0.3, 0.4) is 0 Å². The summed E-state index contributed by atoms with van der Waals surface area (Å²) in [7, 11) is 3.95. The summed E-state index contributed by atoms with van der Waals surface area (Å²) in [6.07, 6.45) is 1.04. The summed E-state index contributed by atoms with van der Waals surface area (Å²) in [4.78, 5) is 17.2. The van der Waals surface area contributed by atoms with Crippen LogP contribution in [0.2, 0.25) is 0 Å². The number of para-hydroxylation sites is 1. The number of nitrogens with zero attached hydrogens (tertiary/aromatic N) is 4. The molecule has 0 amide bonds. The van der Waals surface area contributed by atoms with Gasteiger partial charge in [-0.15, -0.1) is 0 Å². The lowest BCUT2D eigenvalue weighted by Crippen LogP contribution is -2.26. The Kier molecular flexibility index (Phi) is 3.04. The van der Waals surface area contributed by atoms with Crippen molar-refractivity contribution in [2.24, 2.45) is 0 Å². The van der Waals surface area contributed by atoms with Crippen LogP contribution in [0.1, 0.15) is 18.2 Å². The van der Waals surface area contributed by atoms with Gasteiger partial charge in [-0.25, -0.2) is 0 Å². The van der Waals surface area contributed by atoms with E-state index in [2.05, 4.69) is 59.0 Å². The molecule has 2 aromatic heterocycles. The van der Waals surface area contributed by atoms with Crippen LogP contribution in [-0.4, -0.2) is 35.1 Å². The van der Waals surface area contributed by atoms with Crippen LogP contribution in [0.4, 0.5) is 17.5 Å². The van der Waals surface area contributed by atoms with E-state index in [0.717, 1.165) is 34.9 Å². The number of fused-ring (bicyclic) bond motifs is 2. The third-order valence-corrected chi connectivity index (χ3v) is 4.43. The molecule has 1 atom stereocenters. The predicted octanol–water partition coefficient (Wildman–Crippen LogP) is 3.42. The van der Waals surface area contributed by atoms with Gasteiger partial charge in [0.15, 0.2) is 0 Å². The fourth-order valence-electron chi connectivity index (χ4n) is 3.39. The highest BCUT2D eigenvalue weighted by Gasteiger charge is 2.30. The molecule has 0 aliphatic carbocycles. The van der Waals surface area contributed by atoms with Gasteiger partial charge in [-0.1, -0.05) is 18.2 Å². The molecule has 0 radical (unpaired) electrons. The van der Waals surface area contributed by atoms with Crippen molar-refractivity contribution in [2.45, 2.75) is 26.3 Å². The molecule has 1 aromatic carbocycles. The minimum absolute atomic E-state index is 0.385. The van der Waals surface area contributed by atoms with Gasteiger partial charge >= 0.3 is 0 Å². The molecule has 3 aromatic rings. The molecule has 5 heteroatoms. The van der Waals surface area contributed by atoms with Gasteiger partial charge in [-0.05, 0) is 38.0 Å². The van der Waals surface area contributed by atoms with Crippen LogP contribution < -0.4 is 9.80 Å². The Morgan fingerprint density at radius 2 is 2.00 bits per heavy atom. The Bertz CT molecular complexity index is 880. The number of aryl methyl sites for hydroxylation is 1. The summed E-state index contributed by atoms with van der Waals surface area (Å²) in [5, 5.41) is 1.08. The summed E-state index contributed by atoms with van der Waals surface area (Å²) >= 11 is 0. The number of hydrogen-bond acceptors (Lipinski definition) is 4. The first-order valence-electron chi connectivity index (χ1n) is 7.96. The highest BCUT2D eigenvalue weighted by Crippen LogP contribution is 2.40. The second-order valence-corrected chi connectivity index (χ2v) is 6.51. The average molecular weight is 307 g/mol. The van der Waals surface area contributed by atoms with Crippen LogP contribution in [0.15, 0.2) is 30.3 Å². The Hall–Kier alpha value is -2.56. The molecule has 1 aliphatic heterocycles. The summed E-state index contributed by atoms with van der Waals surface area (Å²) in [6, 6.07) is 11.1. The topological polar surface area (TPSA) is 48.1 Å². The smallest absolute Gasteiger partial charge is 0.228 e. The van der Waals surface area contributed by atoms with E-state index in [4.69, 9.17) is 4.98 Å². The van der Waals surface area contributed by atoms with Crippen molar-refractivity contribution in [3.8, 4) is 0 Å². The molecule has 0 fully saturated rings. The monoisotopic (exact) mass is 307 g/mol. The maximum Gasteiger partial charge on any atom is 0.228 e. The number of aromatic amines is 1. The zero-order valence-corrected chi connectivity index (χ0v) is 14.0. The first-order chi connectivity index (χ1) is 11.0. The lowest BCUT2D eigenvalue weighted by atomic mass is 10.1. The quantitative estimate of drug-likeness (QED) is 0.788. The van der Waals surface area contributed by atoms with Crippen LogP contribution in [-0.2, 0) is 6.42 Å². The maximum atomic E-state index is 4.87. The molecule has 0 bridgehead atoms. The zero-order chi connectivity index (χ0) is 16.1. The first kappa shape index (κ1) is 14.1. The van der Waals surface area contributed by atoms with E-state index in [1.165, 1.54) is 11.3 Å². The third-order valence-electron chi connectivity index (χ3n) is 4.43. The minimum Gasteiger partial charge on any atom is -0.347 e. The van der Waals surface area contributed by atoms with Gasteiger partial charge in [0.1, 0.15) is 11.5 Å². The van der Waals surface area contributed by atoms with E-state index >= 15 is 0 Å². The number of nitrogens with one attached hydrogen (secondary N) is 1. The molecule has 118 valence electrons. The molecule has 5 nitrogen and oxygen atoms in total. The Labute approximate surface area is 136 Å². The fraction of sp³-hybridized carbons (Fsp3) is 0.333. The summed E-state index contributed by atoms with van der Waals surface area (Å²) < 4.78 is 0. The molecule has 0 saturated carbocycles. The first-order valence-corrected chi connectivity index (χ1v) is 7.96. The lowest BCUT2D eigenvalue weighted by molar-refractivity contribution is 0.751. The van der Waals surface area contributed by atoms with E-state index in [1.807, 2.05) is 19.0 Å². The van der Waals surface area contributed by atoms with Gasteiger partial charge in [-0.3, -0.25) is 0 Å². The summed E-state index contributed by atoms with van der Waals surface area (Å²) in [5.41, 5.74) is 4.63. The molecule has 3 heterocycles. The van der Waals surface area contributed by atoms with Crippen molar-refractivity contribution < 1.29 is 0 Å². The average Bonchev–Trinajstić information content (AvgIpc) is 3.04. The summed E-state index contributed by atoms with van der Waals surface area (Å²) in [6.45, 7) is 4.31. The lowest BCUT2D eigenvalue weighted by Gasteiger charge is -2.25. The molecule has 1 unspecified atom stereocenters. The maximum absolute atomic E-state index is 4.87. The van der Waals surface area contributed by atoms with E-state index < -0.39 is 0 Å². The van der Waals surface area contributed by atoms with Gasteiger partial charge in [0.2, 0.25) is 5.95 Å². The second-order valence-electron chi connectivity index (χ2n) is 6.51. The van der Waals surface area contributed by atoms with Crippen molar-refractivity contribution >= 4 is 28.5 Å². The molecule has 0 spiro atoms. The summed E-state index contributed by atoms with van der Waals surface area (Å²) in [5.74, 6) is 1.71. The van der Waals surface area contributed by atoms with Crippen LogP contribution in [0.5, 0.6) is 0 Å². The Morgan fingerprint density at radius 1 is 1.22 bits per heavy atom. The highest BCUT2D eigenvalue weighted by molar-refractivity contribution is 5.92. The number of rotatable bonds is 2. The largest absolute Gasteiger partial charge is 0.347 e. The van der Waals surface area contributed by atoms with Crippen molar-refractivity contribution in [3.05, 3.63) is 41.6 Å². The minimum atomic E-state index is 0.385. The number of aromatic nitrogens is 3. The van der Waals surface area contributed by atoms with Crippen LogP contribution >= 0.6 is 0 Å². The Balaban J connectivity index is 1.98. The van der Waals surface area contributed by atoms with Gasteiger partial charge in [-0.2, -0.15) is 9.97 Å². The third kappa shape index (κ3) is 2.15. The molecular weight excluding hydrogens is 286 g/mol. The number of H-pyrrole nitrogens is 1. The van der Waals surface area contributed by atoms with E-state index in [9.17, 15) is 0 Å². The van der Waals surface area contributed by atoms with E-state index in [1.54, 1.807) is 0 Å². The van der Waals surface area contributed by atoms with Crippen molar-refractivity contribution in [1.82, 2.24) is 15.0 Å². The van der Waals surface area contributed by atoms with E-state index in [-0.39, 0.29) is 0 Å². The van der Waals surface area contributed by atoms with E-state index in [0.29, 0.717) is 6.04 Å². The van der Waals surface area contributed by atoms with Gasteiger partial charge in [0.25, 0.3) is 0 Å². The molecule has 23 heavy (non-hydrogen) atoms. The number of benzene rings is 1. The normalized spacial score (nSPS) is 16.9. The second kappa shape index (κ2) is 4.98. The highest BCUT2D eigenvalue weighted by atomic mass is 15.3. The SMILES string of the molecule is Cc1cc2c(N3c4ccccc4CC3C)nc(N(C)C)nc2[nH]1. The number of anilines is 3. The fourth-order valence-corrected chi connectivity index (χ4v) is 3.39. The van der Waals surface area contributed by atoms with Gasteiger partial charge in [0, 0.05) is 31.5 Å². The molecule has 0 saturated heterocycles. The van der Waals surface area contributed by atoms with Crippen molar-refractivity contribution in [1.29, 1.82) is 0 Å². The van der Waals surface area contributed by atoms with Crippen molar-refractivity contribution in [3.63, 3.8) is 0 Å². The van der Waals surface area contributed by atoms with Crippen LogP contribution in [0.25, 0.3) is 11.0 Å². The molecule has 1 aliphatic rings. The Morgan fingerprint density at radius 3 is 2.78 bits per heavy atom. The van der Waals surface area contributed by atoms with Crippen LogP contribution in [0, 0.1) is 6.92 Å². The zero-order valence-electron chi connectivity index (χ0n) is 14.0. The number of hydrogen-bond donors (Lipinski definition) is 1.